The van der Waals surface area contributed by atoms with Gasteiger partial charge in [-0.05, 0) is 38.0 Å². The first-order valence-electron chi connectivity index (χ1n) is 7.80. The van der Waals surface area contributed by atoms with Crippen LogP contribution < -0.4 is 0 Å². The van der Waals surface area contributed by atoms with E-state index >= 15 is 0 Å². The summed E-state index contributed by atoms with van der Waals surface area (Å²) in [5.41, 5.74) is 1.98. The number of rotatable bonds is 4. The van der Waals surface area contributed by atoms with E-state index in [9.17, 15) is 9.59 Å². The maximum Gasteiger partial charge on any atom is 0.305 e. The number of aromatic nitrogens is 2. The van der Waals surface area contributed by atoms with Crippen LogP contribution in [0, 0.1) is 6.92 Å². The van der Waals surface area contributed by atoms with Crippen molar-refractivity contribution in [3.63, 3.8) is 0 Å². The SMILES string of the molecule is Cc1c(C(=O)N2CCCC2CC(=O)O)cnn1-c1cccc(Cl)c1. The standard InChI is InChI=1S/C17H18ClN3O3/c1-11-15(10-19-21(11)14-5-2-4-12(18)8-14)17(24)20-7-3-6-13(20)9-16(22)23/h2,4-5,8,10,13H,3,6-7,9H2,1H3,(H,22,23). The first-order chi connectivity index (χ1) is 11.5. The predicted molar refractivity (Wildman–Crippen MR) is 89.6 cm³/mol. The summed E-state index contributed by atoms with van der Waals surface area (Å²) in [5.74, 6) is -1.05. The van der Waals surface area contributed by atoms with Crippen molar-refractivity contribution < 1.29 is 14.7 Å². The van der Waals surface area contributed by atoms with Crippen molar-refractivity contribution in [3.8, 4) is 5.69 Å². The van der Waals surface area contributed by atoms with Gasteiger partial charge in [0.2, 0.25) is 0 Å². The highest BCUT2D eigenvalue weighted by molar-refractivity contribution is 6.30. The summed E-state index contributed by atoms with van der Waals surface area (Å²) in [6.07, 6.45) is 3.06. The second kappa shape index (κ2) is 6.65. The average molecular weight is 348 g/mol. The van der Waals surface area contributed by atoms with Crippen LogP contribution in [0.3, 0.4) is 0 Å². The van der Waals surface area contributed by atoms with Crippen LogP contribution in [0.1, 0.15) is 35.3 Å². The van der Waals surface area contributed by atoms with Crippen molar-refractivity contribution in [3.05, 3.63) is 46.7 Å². The molecule has 1 aromatic heterocycles. The number of nitrogens with zero attached hydrogens (tertiary/aromatic N) is 3. The summed E-state index contributed by atoms with van der Waals surface area (Å²) in [6.45, 7) is 2.40. The lowest BCUT2D eigenvalue weighted by Crippen LogP contribution is -2.37. The first-order valence-corrected chi connectivity index (χ1v) is 8.18. The summed E-state index contributed by atoms with van der Waals surface area (Å²) in [5, 5.41) is 13.9. The minimum absolute atomic E-state index is 0.0206. The number of benzene rings is 1. The van der Waals surface area contributed by atoms with Gasteiger partial charge in [-0.15, -0.1) is 0 Å². The Kier molecular flexibility index (Phi) is 4.57. The molecule has 2 aromatic rings. The Bertz CT molecular complexity index is 787. The second-order valence-electron chi connectivity index (χ2n) is 5.93. The van der Waals surface area contributed by atoms with E-state index in [1.54, 1.807) is 21.7 Å². The zero-order chi connectivity index (χ0) is 17.3. The number of hydrogen-bond acceptors (Lipinski definition) is 3. The summed E-state index contributed by atoms with van der Waals surface area (Å²) in [4.78, 5) is 25.5. The number of amides is 1. The van der Waals surface area contributed by atoms with Gasteiger partial charge in [-0.2, -0.15) is 5.10 Å². The lowest BCUT2D eigenvalue weighted by atomic mass is 10.1. The van der Waals surface area contributed by atoms with Crippen molar-refractivity contribution >= 4 is 23.5 Å². The van der Waals surface area contributed by atoms with Crippen LogP contribution in [0.5, 0.6) is 0 Å². The molecule has 6 nitrogen and oxygen atoms in total. The number of carboxylic acids is 1. The molecule has 0 aliphatic carbocycles. The molecule has 0 bridgehead atoms. The van der Waals surface area contributed by atoms with Gasteiger partial charge < -0.3 is 10.0 Å². The summed E-state index contributed by atoms with van der Waals surface area (Å²) >= 11 is 6.02. The minimum Gasteiger partial charge on any atom is -0.481 e. The van der Waals surface area contributed by atoms with Crippen LogP contribution >= 0.6 is 11.6 Å². The molecule has 126 valence electrons. The van der Waals surface area contributed by atoms with Gasteiger partial charge in [-0.25, -0.2) is 4.68 Å². The molecule has 0 spiro atoms. The van der Waals surface area contributed by atoms with Gasteiger partial charge in [0.15, 0.2) is 0 Å². The Labute approximate surface area is 144 Å². The maximum atomic E-state index is 12.8. The number of carbonyl (C=O) groups is 2. The Morgan fingerprint density at radius 2 is 2.21 bits per heavy atom. The van der Waals surface area contributed by atoms with Gasteiger partial charge in [0.25, 0.3) is 5.91 Å². The van der Waals surface area contributed by atoms with Crippen LogP contribution in [0.2, 0.25) is 5.02 Å². The van der Waals surface area contributed by atoms with Crippen LogP contribution in [0.25, 0.3) is 5.69 Å². The first kappa shape index (κ1) is 16.5. The topological polar surface area (TPSA) is 75.4 Å². The molecule has 1 aliphatic heterocycles. The highest BCUT2D eigenvalue weighted by Gasteiger charge is 2.32. The number of hydrogen-bond donors (Lipinski definition) is 1. The average Bonchev–Trinajstić information content (AvgIpc) is 3.13. The molecule has 2 heterocycles. The third-order valence-electron chi connectivity index (χ3n) is 4.34. The quantitative estimate of drug-likeness (QED) is 0.922. The molecule has 1 N–H and O–H groups in total. The number of aliphatic carboxylic acids is 1. The van der Waals surface area contributed by atoms with E-state index in [2.05, 4.69) is 5.10 Å². The van der Waals surface area contributed by atoms with Gasteiger partial charge >= 0.3 is 5.97 Å². The van der Waals surface area contributed by atoms with E-state index in [4.69, 9.17) is 16.7 Å². The molecule has 1 atom stereocenters. The van der Waals surface area contributed by atoms with E-state index in [0.29, 0.717) is 22.8 Å². The Morgan fingerprint density at radius 1 is 1.42 bits per heavy atom. The fraction of sp³-hybridized carbons (Fsp3) is 0.353. The molecular weight excluding hydrogens is 330 g/mol. The second-order valence-corrected chi connectivity index (χ2v) is 6.36. The zero-order valence-electron chi connectivity index (χ0n) is 13.3. The number of carbonyl (C=O) groups excluding carboxylic acids is 1. The molecule has 0 radical (unpaired) electrons. The summed E-state index contributed by atoms with van der Waals surface area (Å²) in [6, 6.07) is 6.99. The Balaban J connectivity index is 1.88. The number of carboxylic acid groups (broad SMARTS) is 1. The van der Waals surface area contributed by atoms with E-state index in [-0.39, 0.29) is 18.4 Å². The summed E-state index contributed by atoms with van der Waals surface area (Å²) < 4.78 is 1.67. The maximum absolute atomic E-state index is 12.8. The predicted octanol–water partition coefficient (Wildman–Crippen LogP) is 2.91. The molecule has 1 saturated heterocycles. The molecule has 1 fully saturated rings. The van der Waals surface area contributed by atoms with Crippen molar-refractivity contribution in [1.82, 2.24) is 14.7 Å². The van der Waals surface area contributed by atoms with Gasteiger partial charge in [0.1, 0.15) is 0 Å². The monoisotopic (exact) mass is 347 g/mol. The van der Waals surface area contributed by atoms with Crippen molar-refractivity contribution in [2.75, 3.05) is 6.54 Å². The highest BCUT2D eigenvalue weighted by Crippen LogP contribution is 2.25. The van der Waals surface area contributed by atoms with Crippen LogP contribution in [0.15, 0.2) is 30.5 Å². The fourth-order valence-electron chi connectivity index (χ4n) is 3.16. The molecule has 1 amide bonds. The fourth-order valence-corrected chi connectivity index (χ4v) is 3.34. The molecule has 0 saturated carbocycles. The van der Waals surface area contributed by atoms with Crippen molar-refractivity contribution in [1.29, 1.82) is 0 Å². The number of halogens is 1. The van der Waals surface area contributed by atoms with Crippen molar-refractivity contribution in [2.24, 2.45) is 0 Å². The van der Waals surface area contributed by atoms with Crippen LogP contribution in [0.4, 0.5) is 0 Å². The summed E-state index contributed by atoms with van der Waals surface area (Å²) in [7, 11) is 0. The van der Waals surface area contributed by atoms with Crippen LogP contribution in [-0.4, -0.2) is 44.3 Å². The van der Waals surface area contributed by atoms with Gasteiger partial charge in [0, 0.05) is 17.6 Å². The van der Waals surface area contributed by atoms with Crippen LogP contribution in [-0.2, 0) is 4.79 Å². The van der Waals surface area contributed by atoms with E-state index in [1.165, 1.54) is 6.20 Å². The van der Waals surface area contributed by atoms with E-state index < -0.39 is 5.97 Å². The third kappa shape index (κ3) is 3.14. The van der Waals surface area contributed by atoms with Gasteiger partial charge in [-0.3, -0.25) is 9.59 Å². The van der Waals surface area contributed by atoms with Crippen molar-refractivity contribution in [2.45, 2.75) is 32.2 Å². The molecular formula is C17H18ClN3O3. The molecule has 1 aliphatic rings. The molecule has 24 heavy (non-hydrogen) atoms. The smallest absolute Gasteiger partial charge is 0.305 e. The van der Waals surface area contributed by atoms with Gasteiger partial charge in [0.05, 0.1) is 29.6 Å². The minimum atomic E-state index is -0.883. The molecule has 1 unspecified atom stereocenters. The zero-order valence-corrected chi connectivity index (χ0v) is 14.0. The molecule has 3 rings (SSSR count). The van der Waals surface area contributed by atoms with E-state index in [1.807, 2.05) is 19.1 Å². The molecule has 7 heteroatoms. The normalized spacial score (nSPS) is 17.2. The largest absolute Gasteiger partial charge is 0.481 e. The lowest BCUT2D eigenvalue weighted by molar-refractivity contribution is -0.137. The third-order valence-corrected chi connectivity index (χ3v) is 4.58. The Hall–Kier alpha value is -2.34. The highest BCUT2D eigenvalue weighted by atomic mass is 35.5. The Morgan fingerprint density at radius 3 is 2.92 bits per heavy atom. The van der Waals surface area contributed by atoms with E-state index in [0.717, 1.165) is 18.5 Å². The van der Waals surface area contributed by atoms with Gasteiger partial charge in [-0.1, -0.05) is 17.7 Å². The number of likely N-dealkylation sites (tertiary alicyclic amines) is 1. The molecule has 1 aromatic carbocycles. The lowest BCUT2D eigenvalue weighted by Gasteiger charge is -2.23.